The van der Waals surface area contributed by atoms with Crippen molar-refractivity contribution in [1.82, 2.24) is 10.2 Å². The van der Waals surface area contributed by atoms with Crippen molar-refractivity contribution < 1.29 is 4.79 Å². The maximum absolute atomic E-state index is 11.9. The van der Waals surface area contributed by atoms with Crippen LogP contribution < -0.4 is 5.32 Å². The predicted octanol–water partition coefficient (Wildman–Crippen LogP) is 1.39. The van der Waals surface area contributed by atoms with Crippen LogP contribution in [-0.4, -0.2) is 36.0 Å². The minimum absolute atomic E-state index is 0.305. The van der Waals surface area contributed by atoms with Crippen LogP contribution in [0.5, 0.6) is 0 Å². The van der Waals surface area contributed by atoms with E-state index in [4.69, 9.17) is 0 Å². The lowest BCUT2D eigenvalue weighted by atomic mass is 10.1. The van der Waals surface area contributed by atoms with Crippen LogP contribution in [0, 0.1) is 0 Å². The molecule has 0 aromatic carbocycles. The van der Waals surface area contributed by atoms with Crippen LogP contribution in [0.4, 0.5) is 0 Å². The molecule has 3 heteroatoms. The van der Waals surface area contributed by atoms with Crippen molar-refractivity contribution in [3.05, 3.63) is 0 Å². The van der Waals surface area contributed by atoms with Gasteiger partial charge in [0.15, 0.2) is 0 Å². The monoisotopic (exact) mass is 198 g/mol. The van der Waals surface area contributed by atoms with Gasteiger partial charge in [-0.2, -0.15) is 0 Å². The zero-order chi connectivity index (χ0) is 10.6. The molecule has 1 saturated heterocycles. The number of rotatable bonds is 2. The van der Waals surface area contributed by atoms with Crippen LogP contribution in [-0.2, 0) is 4.79 Å². The number of nitrogens with one attached hydrogen (secondary N) is 1. The Balaban J connectivity index is 2.58. The normalized spacial score (nSPS) is 26.9. The molecule has 0 bridgehead atoms. The number of amides is 1. The number of carbonyl (C=O) groups excluding carboxylic acids is 1. The number of carbonyl (C=O) groups is 1. The summed E-state index contributed by atoms with van der Waals surface area (Å²) in [6.07, 6.45) is 2.76. The van der Waals surface area contributed by atoms with Crippen molar-refractivity contribution in [2.75, 3.05) is 13.1 Å². The highest BCUT2D eigenvalue weighted by molar-refractivity contribution is 5.77. The lowest BCUT2D eigenvalue weighted by Crippen LogP contribution is -2.45. The van der Waals surface area contributed by atoms with Crippen LogP contribution in [0.1, 0.15) is 40.0 Å². The summed E-state index contributed by atoms with van der Waals surface area (Å²) >= 11 is 0. The third kappa shape index (κ3) is 2.98. The molecule has 2 atom stereocenters. The molecule has 3 nitrogen and oxygen atoms in total. The van der Waals surface area contributed by atoms with E-state index in [2.05, 4.69) is 26.1 Å². The average molecular weight is 198 g/mol. The molecule has 1 amide bonds. The summed E-state index contributed by atoms with van der Waals surface area (Å²) in [5.74, 6) is 0.305. The van der Waals surface area contributed by atoms with Gasteiger partial charge in [0, 0.05) is 25.0 Å². The van der Waals surface area contributed by atoms with Crippen molar-refractivity contribution >= 4 is 5.91 Å². The summed E-state index contributed by atoms with van der Waals surface area (Å²) in [7, 11) is 0. The van der Waals surface area contributed by atoms with Crippen LogP contribution in [0.25, 0.3) is 0 Å². The third-order valence-electron chi connectivity index (χ3n) is 2.99. The van der Waals surface area contributed by atoms with Crippen molar-refractivity contribution in [2.45, 2.75) is 52.1 Å². The van der Waals surface area contributed by atoms with Gasteiger partial charge in [0.1, 0.15) is 0 Å². The van der Waals surface area contributed by atoms with E-state index in [9.17, 15) is 4.79 Å². The Kier molecular flexibility index (Phi) is 4.39. The lowest BCUT2D eigenvalue weighted by Gasteiger charge is -2.32. The van der Waals surface area contributed by atoms with Crippen LogP contribution in [0.15, 0.2) is 0 Å². The maximum atomic E-state index is 11.9. The van der Waals surface area contributed by atoms with Gasteiger partial charge in [0.05, 0.1) is 0 Å². The van der Waals surface area contributed by atoms with Crippen molar-refractivity contribution in [3.8, 4) is 0 Å². The summed E-state index contributed by atoms with van der Waals surface area (Å²) < 4.78 is 0. The second kappa shape index (κ2) is 5.35. The van der Waals surface area contributed by atoms with Crippen molar-refractivity contribution in [3.63, 3.8) is 0 Å². The molecule has 0 aromatic rings. The molecule has 1 aliphatic rings. The van der Waals surface area contributed by atoms with E-state index in [1.807, 2.05) is 4.90 Å². The second-order valence-corrected chi connectivity index (χ2v) is 4.26. The van der Waals surface area contributed by atoms with E-state index in [1.165, 1.54) is 0 Å². The summed E-state index contributed by atoms with van der Waals surface area (Å²) in [6, 6.07) is 0.724. The minimum Gasteiger partial charge on any atom is -0.340 e. The maximum Gasteiger partial charge on any atom is 0.224 e. The Morgan fingerprint density at radius 3 is 3.00 bits per heavy atom. The smallest absolute Gasteiger partial charge is 0.224 e. The molecule has 0 saturated carbocycles. The highest BCUT2D eigenvalue weighted by Crippen LogP contribution is 2.10. The number of nitrogens with zero attached hydrogens (tertiary/aromatic N) is 1. The SMILES string of the molecule is CCC(C)N1CCCNC(C)CC1=O. The average Bonchev–Trinajstić information content (AvgIpc) is 2.14. The van der Waals surface area contributed by atoms with Gasteiger partial charge in [-0.05, 0) is 33.2 Å². The Hall–Kier alpha value is -0.570. The molecule has 0 aliphatic carbocycles. The fourth-order valence-corrected chi connectivity index (χ4v) is 1.86. The summed E-state index contributed by atoms with van der Waals surface area (Å²) in [6.45, 7) is 8.29. The molecule has 1 aliphatic heterocycles. The van der Waals surface area contributed by atoms with Crippen molar-refractivity contribution in [1.29, 1.82) is 0 Å². The van der Waals surface area contributed by atoms with Crippen LogP contribution in [0.3, 0.4) is 0 Å². The number of hydrogen-bond acceptors (Lipinski definition) is 2. The summed E-state index contributed by atoms with van der Waals surface area (Å²) in [5, 5.41) is 3.34. The second-order valence-electron chi connectivity index (χ2n) is 4.26. The molecule has 82 valence electrons. The summed E-state index contributed by atoms with van der Waals surface area (Å²) in [4.78, 5) is 13.9. The fourth-order valence-electron chi connectivity index (χ4n) is 1.86. The zero-order valence-electron chi connectivity index (χ0n) is 9.55. The van der Waals surface area contributed by atoms with Gasteiger partial charge in [0.2, 0.25) is 5.91 Å². The van der Waals surface area contributed by atoms with Gasteiger partial charge in [-0.3, -0.25) is 4.79 Å². The molecule has 1 N–H and O–H groups in total. The Bertz CT molecular complexity index is 194. The molecule has 0 aromatic heterocycles. The molecule has 1 rings (SSSR count). The molecule has 0 spiro atoms. The molecule has 14 heavy (non-hydrogen) atoms. The van der Waals surface area contributed by atoms with Crippen LogP contribution >= 0.6 is 0 Å². The van der Waals surface area contributed by atoms with E-state index >= 15 is 0 Å². The quantitative estimate of drug-likeness (QED) is 0.727. The first-order chi connectivity index (χ1) is 6.65. The van der Waals surface area contributed by atoms with Gasteiger partial charge in [0.25, 0.3) is 0 Å². The van der Waals surface area contributed by atoms with Gasteiger partial charge < -0.3 is 10.2 Å². The summed E-state index contributed by atoms with van der Waals surface area (Å²) in [5.41, 5.74) is 0. The topological polar surface area (TPSA) is 32.3 Å². The number of hydrogen-bond donors (Lipinski definition) is 1. The molecular weight excluding hydrogens is 176 g/mol. The van der Waals surface area contributed by atoms with Gasteiger partial charge >= 0.3 is 0 Å². The molecule has 2 unspecified atom stereocenters. The zero-order valence-corrected chi connectivity index (χ0v) is 9.55. The minimum atomic E-state index is 0.305. The lowest BCUT2D eigenvalue weighted by molar-refractivity contribution is -0.134. The van der Waals surface area contributed by atoms with Crippen LogP contribution in [0.2, 0.25) is 0 Å². The highest BCUT2D eigenvalue weighted by Gasteiger charge is 2.21. The molecule has 1 fully saturated rings. The fraction of sp³-hybridized carbons (Fsp3) is 0.909. The Labute approximate surface area is 86.9 Å². The Morgan fingerprint density at radius 1 is 1.64 bits per heavy atom. The van der Waals surface area contributed by atoms with E-state index in [0.29, 0.717) is 24.4 Å². The van der Waals surface area contributed by atoms with E-state index < -0.39 is 0 Å². The molecule has 0 radical (unpaired) electrons. The Morgan fingerprint density at radius 2 is 2.36 bits per heavy atom. The van der Waals surface area contributed by atoms with E-state index in [1.54, 1.807) is 0 Å². The third-order valence-corrected chi connectivity index (χ3v) is 2.99. The standard InChI is InChI=1S/C11H22N2O/c1-4-10(3)13-7-5-6-12-9(2)8-11(13)14/h9-10,12H,4-8H2,1-3H3. The van der Waals surface area contributed by atoms with E-state index in [0.717, 1.165) is 25.9 Å². The van der Waals surface area contributed by atoms with Crippen molar-refractivity contribution in [2.24, 2.45) is 0 Å². The predicted molar refractivity (Wildman–Crippen MR) is 58.2 cm³/mol. The van der Waals surface area contributed by atoms with Gasteiger partial charge in [-0.25, -0.2) is 0 Å². The first-order valence-corrected chi connectivity index (χ1v) is 5.68. The first-order valence-electron chi connectivity index (χ1n) is 5.68. The highest BCUT2D eigenvalue weighted by atomic mass is 16.2. The van der Waals surface area contributed by atoms with Gasteiger partial charge in [-0.15, -0.1) is 0 Å². The first kappa shape index (κ1) is 11.5. The van der Waals surface area contributed by atoms with Gasteiger partial charge in [-0.1, -0.05) is 6.92 Å². The molecular formula is C11H22N2O. The molecule has 1 heterocycles. The van der Waals surface area contributed by atoms with E-state index in [-0.39, 0.29) is 0 Å². The largest absolute Gasteiger partial charge is 0.340 e.